The second-order valence-electron chi connectivity index (χ2n) is 2.09. The fourth-order valence-corrected chi connectivity index (χ4v) is 0.642. The maximum absolute atomic E-state index is 5.06. The summed E-state index contributed by atoms with van der Waals surface area (Å²) in [5.74, 6) is 1.29. The van der Waals surface area contributed by atoms with Gasteiger partial charge in [-0.2, -0.15) is 0 Å². The Hall–Kier alpha value is -0.0400. The van der Waals surface area contributed by atoms with Gasteiger partial charge >= 0.3 is 0 Å². The number of hydrogen-bond donors (Lipinski definition) is 0. The molecule has 0 saturated heterocycles. The standard InChI is InChI=1S/C7H14O/c1-5-7(8-4)6(2)3/h7H,1,5H2,2-4H3. The van der Waals surface area contributed by atoms with Crippen LogP contribution in [0, 0.1) is 12.8 Å². The average molecular weight is 114 g/mol. The topological polar surface area (TPSA) is 9.23 Å². The summed E-state index contributed by atoms with van der Waals surface area (Å²) in [7, 11) is 1.71. The lowest BCUT2D eigenvalue weighted by molar-refractivity contribution is 0.116. The van der Waals surface area contributed by atoms with Crippen molar-refractivity contribution < 1.29 is 4.74 Å². The Bertz CT molecular complexity index is 46.3. The number of hydrogen-bond acceptors (Lipinski definition) is 1. The highest BCUT2D eigenvalue weighted by Gasteiger charge is 2.07. The van der Waals surface area contributed by atoms with E-state index in [0.717, 1.165) is 6.42 Å². The van der Waals surface area contributed by atoms with Crippen molar-refractivity contribution in [1.82, 2.24) is 0 Å². The third-order valence-electron chi connectivity index (χ3n) is 1.19. The van der Waals surface area contributed by atoms with Gasteiger partial charge in [0.05, 0.1) is 6.10 Å². The van der Waals surface area contributed by atoms with Crippen LogP contribution in [0.5, 0.6) is 0 Å². The van der Waals surface area contributed by atoms with Gasteiger partial charge in [0.25, 0.3) is 0 Å². The molecular weight excluding hydrogens is 100 g/mol. The van der Waals surface area contributed by atoms with Crippen molar-refractivity contribution in [3.63, 3.8) is 0 Å². The fourth-order valence-electron chi connectivity index (χ4n) is 0.642. The van der Waals surface area contributed by atoms with Crippen LogP contribution in [0.15, 0.2) is 0 Å². The van der Waals surface area contributed by atoms with E-state index < -0.39 is 0 Å². The molecule has 2 radical (unpaired) electrons. The third-order valence-corrected chi connectivity index (χ3v) is 1.19. The van der Waals surface area contributed by atoms with Crippen LogP contribution in [-0.4, -0.2) is 13.2 Å². The highest BCUT2D eigenvalue weighted by atomic mass is 16.5. The summed E-state index contributed by atoms with van der Waals surface area (Å²) >= 11 is 0. The average Bonchev–Trinajstić information content (AvgIpc) is 1.69. The minimum Gasteiger partial charge on any atom is -0.381 e. The molecule has 48 valence electrons. The van der Waals surface area contributed by atoms with Crippen molar-refractivity contribution in [1.29, 1.82) is 0 Å². The summed E-state index contributed by atoms with van der Waals surface area (Å²) < 4.78 is 5.06. The largest absolute Gasteiger partial charge is 0.381 e. The van der Waals surface area contributed by atoms with Crippen LogP contribution in [0.2, 0.25) is 0 Å². The van der Waals surface area contributed by atoms with Crippen molar-refractivity contribution in [2.45, 2.75) is 26.4 Å². The molecule has 1 nitrogen and oxygen atoms in total. The second-order valence-corrected chi connectivity index (χ2v) is 2.09. The van der Waals surface area contributed by atoms with Crippen LogP contribution in [0.3, 0.4) is 0 Å². The molecule has 1 heteroatoms. The van der Waals surface area contributed by atoms with Crippen LogP contribution < -0.4 is 0 Å². The minimum atomic E-state index is 0.259. The third kappa shape index (κ3) is 2.31. The Morgan fingerprint density at radius 1 is 1.62 bits per heavy atom. The van der Waals surface area contributed by atoms with Gasteiger partial charge in [-0.25, -0.2) is 0 Å². The zero-order chi connectivity index (χ0) is 6.57. The Labute approximate surface area is 52.0 Å². The van der Waals surface area contributed by atoms with E-state index in [2.05, 4.69) is 20.8 Å². The minimum absolute atomic E-state index is 0.259. The van der Waals surface area contributed by atoms with Crippen molar-refractivity contribution in [3.05, 3.63) is 12.8 Å². The first-order valence-corrected chi connectivity index (χ1v) is 2.84. The molecule has 1 unspecified atom stereocenters. The second kappa shape index (κ2) is 3.90. The molecule has 0 aliphatic rings. The molecular formula is C7H14O. The quantitative estimate of drug-likeness (QED) is 0.544. The fraction of sp³-hybridized carbons (Fsp3) is 0.714. The van der Waals surface area contributed by atoms with E-state index >= 15 is 0 Å². The summed E-state index contributed by atoms with van der Waals surface area (Å²) in [5, 5.41) is 0. The summed E-state index contributed by atoms with van der Waals surface area (Å²) in [5.41, 5.74) is 0. The predicted molar refractivity (Wildman–Crippen MR) is 35.4 cm³/mol. The molecule has 0 aromatic rings. The van der Waals surface area contributed by atoms with Gasteiger partial charge in [0.1, 0.15) is 0 Å². The molecule has 0 aromatic heterocycles. The van der Waals surface area contributed by atoms with Gasteiger partial charge in [0, 0.05) is 7.11 Å². The van der Waals surface area contributed by atoms with Crippen molar-refractivity contribution in [2.75, 3.05) is 7.11 Å². The number of rotatable bonds is 3. The van der Waals surface area contributed by atoms with E-state index in [0.29, 0.717) is 0 Å². The molecule has 8 heavy (non-hydrogen) atoms. The van der Waals surface area contributed by atoms with E-state index in [1.807, 2.05) is 0 Å². The van der Waals surface area contributed by atoms with Crippen molar-refractivity contribution in [2.24, 2.45) is 0 Å². The molecule has 0 aliphatic heterocycles. The van der Waals surface area contributed by atoms with Gasteiger partial charge in [-0.3, -0.25) is 0 Å². The Morgan fingerprint density at radius 2 is 2.12 bits per heavy atom. The molecule has 0 rings (SSSR count). The van der Waals surface area contributed by atoms with Gasteiger partial charge < -0.3 is 4.74 Å². The number of methoxy groups -OCH3 is 1. The lowest BCUT2D eigenvalue weighted by Crippen LogP contribution is -2.14. The van der Waals surface area contributed by atoms with Gasteiger partial charge in [0.2, 0.25) is 0 Å². The summed E-state index contributed by atoms with van der Waals surface area (Å²) in [6.45, 7) is 7.84. The zero-order valence-electron chi connectivity index (χ0n) is 5.90. The summed E-state index contributed by atoms with van der Waals surface area (Å²) in [6, 6.07) is 0. The van der Waals surface area contributed by atoms with E-state index in [9.17, 15) is 0 Å². The zero-order valence-corrected chi connectivity index (χ0v) is 5.90. The highest BCUT2D eigenvalue weighted by molar-refractivity contribution is 4.88. The first kappa shape index (κ1) is 7.96. The SMILES string of the molecule is [CH2]CC(OC)[C](C)C. The van der Waals surface area contributed by atoms with E-state index in [4.69, 9.17) is 4.74 Å². The normalized spacial score (nSPS) is 14.6. The molecule has 0 spiro atoms. The smallest absolute Gasteiger partial charge is 0.0628 e. The molecule has 0 N–H and O–H groups in total. The summed E-state index contributed by atoms with van der Waals surface area (Å²) in [6.07, 6.45) is 1.09. The Morgan fingerprint density at radius 3 is 2.12 bits per heavy atom. The molecule has 0 fully saturated rings. The molecule has 0 bridgehead atoms. The molecule has 0 saturated carbocycles. The Balaban J connectivity index is 3.35. The van der Waals surface area contributed by atoms with Gasteiger partial charge in [0.15, 0.2) is 0 Å². The molecule has 0 aliphatic carbocycles. The van der Waals surface area contributed by atoms with E-state index in [1.165, 1.54) is 5.92 Å². The van der Waals surface area contributed by atoms with Crippen LogP contribution >= 0.6 is 0 Å². The lowest BCUT2D eigenvalue weighted by atomic mass is 10.1. The predicted octanol–water partition coefficient (Wildman–Crippen LogP) is 1.84. The van der Waals surface area contributed by atoms with Crippen LogP contribution in [0.25, 0.3) is 0 Å². The first-order valence-electron chi connectivity index (χ1n) is 2.84. The lowest BCUT2D eigenvalue weighted by Gasteiger charge is -2.15. The monoisotopic (exact) mass is 114 g/mol. The number of ether oxygens (including phenoxy) is 1. The molecule has 0 amide bonds. The van der Waals surface area contributed by atoms with Gasteiger partial charge in [-0.15, -0.1) is 0 Å². The van der Waals surface area contributed by atoms with Crippen LogP contribution in [0.1, 0.15) is 20.3 Å². The van der Waals surface area contributed by atoms with Crippen LogP contribution in [0.4, 0.5) is 0 Å². The first-order chi connectivity index (χ1) is 3.72. The van der Waals surface area contributed by atoms with Crippen molar-refractivity contribution in [3.8, 4) is 0 Å². The van der Waals surface area contributed by atoms with Crippen LogP contribution in [-0.2, 0) is 4.74 Å². The maximum Gasteiger partial charge on any atom is 0.0628 e. The highest BCUT2D eigenvalue weighted by Crippen LogP contribution is 2.09. The van der Waals surface area contributed by atoms with Gasteiger partial charge in [-0.05, 0) is 12.3 Å². The summed E-state index contributed by atoms with van der Waals surface area (Å²) in [4.78, 5) is 0. The molecule has 0 heterocycles. The maximum atomic E-state index is 5.06. The molecule has 0 aromatic carbocycles. The van der Waals surface area contributed by atoms with Crippen molar-refractivity contribution >= 4 is 0 Å². The Kier molecular flexibility index (Phi) is 3.88. The van der Waals surface area contributed by atoms with Gasteiger partial charge in [-0.1, -0.05) is 20.8 Å². The molecule has 1 atom stereocenters. The van der Waals surface area contributed by atoms with E-state index in [-0.39, 0.29) is 6.10 Å². The van der Waals surface area contributed by atoms with E-state index in [1.54, 1.807) is 7.11 Å².